The fourth-order valence-corrected chi connectivity index (χ4v) is 2.75. The third-order valence-corrected chi connectivity index (χ3v) is 4.49. The number of hydrogen-bond acceptors (Lipinski definition) is 4. The van der Waals surface area contributed by atoms with Crippen molar-refractivity contribution in [3.8, 4) is 0 Å². The minimum Gasteiger partial charge on any atom is -0.462 e. The average Bonchev–Trinajstić information content (AvgIpc) is 3.12. The van der Waals surface area contributed by atoms with Crippen LogP contribution in [0.5, 0.6) is 0 Å². The van der Waals surface area contributed by atoms with E-state index in [-0.39, 0.29) is 23.2 Å². The summed E-state index contributed by atoms with van der Waals surface area (Å²) in [6.07, 6.45) is 3.37. The first kappa shape index (κ1) is 20.4. The van der Waals surface area contributed by atoms with E-state index in [2.05, 4.69) is 46.9 Å². The van der Waals surface area contributed by atoms with Crippen LogP contribution in [-0.2, 0) is 14.3 Å². The molecular formula is C19H37NO3. The lowest BCUT2D eigenvalue weighted by atomic mass is 9.85. The summed E-state index contributed by atoms with van der Waals surface area (Å²) in [5.41, 5.74) is -0.392. The monoisotopic (exact) mass is 327 g/mol. The van der Waals surface area contributed by atoms with Crippen LogP contribution in [-0.4, -0.2) is 35.9 Å². The van der Waals surface area contributed by atoms with Gasteiger partial charge in [0.25, 0.3) is 0 Å². The second-order valence-electron chi connectivity index (χ2n) is 9.09. The number of esters is 1. The molecule has 1 saturated heterocycles. The predicted molar refractivity (Wildman–Crippen MR) is 94.5 cm³/mol. The molecule has 0 bridgehead atoms. The molecular weight excluding hydrogens is 290 g/mol. The number of carbonyl (C=O) groups excluding carboxylic acids is 1. The molecule has 0 aromatic carbocycles. The zero-order valence-corrected chi connectivity index (χ0v) is 16.4. The summed E-state index contributed by atoms with van der Waals surface area (Å²) in [4.78, 5) is 12.6. The third-order valence-electron chi connectivity index (χ3n) is 4.49. The van der Waals surface area contributed by atoms with Gasteiger partial charge in [0, 0.05) is 11.6 Å². The molecule has 0 aliphatic carbocycles. The molecule has 1 aliphatic heterocycles. The van der Waals surface area contributed by atoms with Crippen molar-refractivity contribution in [2.24, 2.45) is 5.41 Å². The maximum Gasteiger partial charge on any atom is 0.311 e. The molecule has 0 amide bonds. The molecule has 1 rings (SSSR count). The molecule has 23 heavy (non-hydrogen) atoms. The van der Waals surface area contributed by atoms with Crippen molar-refractivity contribution in [2.75, 3.05) is 6.61 Å². The molecule has 1 N–H and O–H groups in total. The van der Waals surface area contributed by atoms with Crippen LogP contribution in [0, 0.1) is 5.41 Å². The minimum absolute atomic E-state index is 0.00709. The van der Waals surface area contributed by atoms with Gasteiger partial charge in [-0.1, -0.05) is 6.92 Å². The summed E-state index contributed by atoms with van der Waals surface area (Å²) in [6.45, 7) is 17.6. The van der Waals surface area contributed by atoms with Crippen LogP contribution in [0.1, 0.15) is 81.1 Å². The van der Waals surface area contributed by atoms with Gasteiger partial charge in [-0.2, -0.15) is 0 Å². The molecule has 0 radical (unpaired) electrons. The minimum atomic E-state index is -0.455. The highest BCUT2D eigenvalue weighted by Crippen LogP contribution is 2.36. The Labute approximate surface area is 142 Å². The first-order chi connectivity index (χ1) is 10.4. The zero-order valence-electron chi connectivity index (χ0n) is 16.4. The maximum atomic E-state index is 12.6. The lowest BCUT2D eigenvalue weighted by molar-refractivity contribution is -0.161. The Morgan fingerprint density at radius 1 is 1.30 bits per heavy atom. The van der Waals surface area contributed by atoms with E-state index in [1.807, 2.05) is 13.8 Å². The lowest BCUT2D eigenvalue weighted by Crippen LogP contribution is -2.44. The normalized spacial score (nSPS) is 24.2. The Balaban J connectivity index is 2.47. The molecule has 1 heterocycles. The summed E-state index contributed by atoms with van der Waals surface area (Å²) in [7, 11) is 0. The van der Waals surface area contributed by atoms with Crippen molar-refractivity contribution in [1.29, 1.82) is 0 Å². The number of nitrogens with one attached hydrogen (secondary N) is 1. The molecule has 0 spiro atoms. The van der Waals surface area contributed by atoms with Crippen LogP contribution < -0.4 is 5.32 Å². The van der Waals surface area contributed by atoms with Crippen LogP contribution in [0.15, 0.2) is 0 Å². The van der Waals surface area contributed by atoms with Crippen molar-refractivity contribution < 1.29 is 14.3 Å². The topological polar surface area (TPSA) is 50.9 Å². The van der Waals surface area contributed by atoms with Crippen LogP contribution in [0.3, 0.4) is 0 Å². The summed E-state index contributed by atoms with van der Waals surface area (Å²) < 4.78 is 11.2. The van der Waals surface area contributed by atoms with E-state index in [9.17, 15) is 4.79 Å². The molecule has 0 aromatic heterocycles. The molecule has 1 fully saturated rings. The number of carbonyl (C=O) groups is 1. The Morgan fingerprint density at radius 2 is 1.87 bits per heavy atom. The Morgan fingerprint density at radius 3 is 2.30 bits per heavy atom. The van der Waals surface area contributed by atoms with E-state index in [4.69, 9.17) is 9.47 Å². The van der Waals surface area contributed by atoms with E-state index in [1.54, 1.807) is 0 Å². The molecule has 3 unspecified atom stereocenters. The highest BCUT2D eigenvalue weighted by molar-refractivity contribution is 5.76. The fourth-order valence-electron chi connectivity index (χ4n) is 2.75. The lowest BCUT2D eigenvalue weighted by Gasteiger charge is -2.30. The molecule has 136 valence electrons. The number of rotatable bonds is 9. The van der Waals surface area contributed by atoms with E-state index in [0.29, 0.717) is 6.04 Å². The molecule has 4 nitrogen and oxygen atoms in total. The van der Waals surface area contributed by atoms with Gasteiger partial charge in [0.2, 0.25) is 0 Å². The van der Waals surface area contributed by atoms with E-state index in [1.165, 1.54) is 0 Å². The van der Waals surface area contributed by atoms with Crippen molar-refractivity contribution in [3.63, 3.8) is 0 Å². The van der Waals surface area contributed by atoms with Gasteiger partial charge in [-0.15, -0.1) is 0 Å². The van der Waals surface area contributed by atoms with Crippen LogP contribution in [0.25, 0.3) is 0 Å². The largest absolute Gasteiger partial charge is 0.462 e. The Bertz CT molecular complexity index is 394. The average molecular weight is 328 g/mol. The highest BCUT2D eigenvalue weighted by atomic mass is 16.6. The van der Waals surface area contributed by atoms with Gasteiger partial charge in [-0.25, -0.2) is 0 Å². The quantitative estimate of drug-likeness (QED) is 0.512. The van der Waals surface area contributed by atoms with Gasteiger partial charge in [-0.05, 0) is 74.1 Å². The van der Waals surface area contributed by atoms with Gasteiger partial charge in [0.1, 0.15) is 6.10 Å². The summed E-state index contributed by atoms with van der Waals surface area (Å²) in [5, 5.41) is 3.54. The van der Waals surface area contributed by atoms with Gasteiger partial charge in [0.05, 0.1) is 17.6 Å². The first-order valence-electron chi connectivity index (χ1n) is 9.00. The van der Waals surface area contributed by atoms with Crippen molar-refractivity contribution in [1.82, 2.24) is 5.32 Å². The van der Waals surface area contributed by atoms with Gasteiger partial charge < -0.3 is 14.8 Å². The van der Waals surface area contributed by atoms with Crippen molar-refractivity contribution in [2.45, 2.75) is 104 Å². The Kier molecular flexibility index (Phi) is 6.68. The van der Waals surface area contributed by atoms with Gasteiger partial charge in [0.15, 0.2) is 0 Å². The van der Waals surface area contributed by atoms with Gasteiger partial charge in [-0.3, -0.25) is 4.79 Å². The highest BCUT2D eigenvalue weighted by Gasteiger charge is 2.42. The molecule has 1 aliphatic rings. The van der Waals surface area contributed by atoms with Crippen molar-refractivity contribution in [3.05, 3.63) is 0 Å². The predicted octanol–water partition coefficient (Wildman–Crippen LogP) is 4.07. The molecule has 3 atom stereocenters. The van der Waals surface area contributed by atoms with E-state index in [0.717, 1.165) is 32.3 Å². The van der Waals surface area contributed by atoms with Crippen molar-refractivity contribution >= 4 is 5.97 Å². The number of ether oxygens (including phenoxy) is 2. The second-order valence-corrected chi connectivity index (χ2v) is 9.09. The van der Waals surface area contributed by atoms with E-state index >= 15 is 0 Å². The standard InChI is InChI=1S/C19H37NO3/c1-9-15(12-14(2)20-17(3,4)5)23-16(21)18(6,7)10-11-19(8)13-22-19/h14-15,20H,9-13H2,1-8H3. The van der Waals surface area contributed by atoms with Crippen LogP contribution >= 0.6 is 0 Å². The smallest absolute Gasteiger partial charge is 0.311 e. The number of hydrogen-bond donors (Lipinski definition) is 1. The Hall–Kier alpha value is -0.610. The van der Waals surface area contributed by atoms with Crippen LogP contribution in [0.4, 0.5) is 0 Å². The van der Waals surface area contributed by atoms with E-state index < -0.39 is 5.41 Å². The maximum absolute atomic E-state index is 12.6. The summed E-state index contributed by atoms with van der Waals surface area (Å²) in [6, 6.07) is 0.314. The molecule has 0 aromatic rings. The molecule has 4 heteroatoms. The summed E-state index contributed by atoms with van der Waals surface area (Å²) >= 11 is 0. The van der Waals surface area contributed by atoms with Gasteiger partial charge >= 0.3 is 5.97 Å². The SMILES string of the molecule is CCC(CC(C)NC(C)(C)C)OC(=O)C(C)(C)CCC1(C)CO1. The molecule has 0 saturated carbocycles. The summed E-state index contributed by atoms with van der Waals surface area (Å²) in [5.74, 6) is -0.0865. The number of epoxide rings is 1. The first-order valence-corrected chi connectivity index (χ1v) is 9.00. The van der Waals surface area contributed by atoms with Crippen LogP contribution in [0.2, 0.25) is 0 Å². The fraction of sp³-hybridized carbons (Fsp3) is 0.947. The second kappa shape index (κ2) is 7.52. The zero-order chi connectivity index (χ0) is 17.9. The third kappa shape index (κ3) is 7.67.